The zero-order valence-electron chi connectivity index (χ0n) is 10.0. The molecule has 0 spiro atoms. The van der Waals surface area contributed by atoms with Gasteiger partial charge in [0.05, 0.1) is 11.4 Å². The molecule has 0 fully saturated rings. The predicted octanol–water partition coefficient (Wildman–Crippen LogP) is 1.94. The molecular formula is C12H21N3. The first-order valence-electron chi connectivity index (χ1n) is 5.26. The first-order chi connectivity index (χ1) is 6.99. The van der Waals surface area contributed by atoms with E-state index in [0.717, 1.165) is 17.9 Å². The average Bonchev–Trinajstić information content (AvgIpc) is 2.10. The molecule has 1 atom stereocenters. The molecule has 0 saturated heterocycles. The summed E-state index contributed by atoms with van der Waals surface area (Å²) in [5.41, 5.74) is 8.96. The van der Waals surface area contributed by atoms with E-state index in [9.17, 15) is 0 Å². The molecule has 0 bridgehead atoms. The Labute approximate surface area is 92.3 Å². The second-order valence-electron chi connectivity index (χ2n) is 4.40. The Morgan fingerprint density at radius 3 is 2.67 bits per heavy atom. The van der Waals surface area contributed by atoms with Gasteiger partial charge in [0.2, 0.25) is 0 Å². The molecule has 84 valence electrons. The van der Waals surface area contributed by atoms with Gasteiger partial charge in [-0.3, -0.25) is 0 Å². The van der Waals surface area contributed by atoms with Crippen LogP contribution >= 0.6 is 0 Å². The molecule has 15 heavy (non-hydrogen) atoms. The topological polar surface area (TPSA) is 41.3 Å². The van der Waals surface area contributed by atoms with Crippen molar-refractivity contribution in [2.45, 2.75) is 19.9 Å². The third-order valence-electron chi connectivity index (χ3n) is 2.25. The maximum Gasteiger partial charge on any atom is 0.0579 e. The molecule has 3 nitrogen and oxygen atoms in total. The Hall–Kier alpha value is -1.22. The van der Waals surface area contributed by atoms with Gasteiger partial charge in [0.25, 0.3) is 0 Å². The standard InChI is InChI=1S/C12H21N3/c1-9-5-6-11(13)12(7-9)14-10(2)8-15(3)4/h5-7,10,14H,8,13H2,1-4H3. The zero-order chi connectivity index (χ0) is 11.4. The van der Waals surface area contributed by atoms with Crippen LogP contribution in [0.3, 0.4) is 0 Å². The van der Waals surface area contributed by atoms with Gasteiger partial charge in [0, 0.05) is 12.6 Å². The van der Waals surface area contributed by atoms with Crippen molar-refractivity contribution in [1.29, 1.82) is 0 Å². The summed E-state index contributed by atoms with van der Waals surface area (Å²) in [5.74, 6) is 0. The third kappa shape index (κ3) is 3.80. The summed E-state index contributed by atoms with van der Waals surface area (Å²) in [6.07, 6.45) is 0. The zero-order valence-corrected chi connectivity index (χ0v) is 10.0. The van der Waals surface area contributed by atoms with Gasteiger partial charge in [-0.15, -0.1) is 0 Å². The number of anilines is 2. The highest BCUT2D eigenvalue weighted by Crippen LogP contribution is 2.20. The molecule has 0 aliphatic heterocycles. The highest BCUT2D eigenvalue weighted by Gasteiger charge is 2.05. The van der Waals surface area contributed by atoms with Gasteiger partial charge in [-0.25, -0.2) is 0 Å². The van der Waals surface area contributed by atoms with Crippen molar-refractivity contribution in [2.24, 2.45) is 0 Å². The molecule has 1 aromatic carbocycles. The van der Waals surface area contributed by atoms with E-state index in [4.69, 9.17) is 5.73 Å². The number of rotatable bonds is 4. The molecule has 0 aliphatic rings. The van der Waals surface area contributed by atoms with Crippen molar-refractivity contribution < 1.29 is 0 Å². The minimum Gasteiger partial charge on any atom is -0.397 e. The molecule has 0 saturated carbocycles. The van der Waals surface area contributed by atoms with Crippen LogP contribution < -0.4 is 11.1 Å². The minimum absolute atomic E-state index is 0.393. The number of likely N-dealkylation sites (N-methyl/N-ethyl adjacent to an activating group) is 1. The number of benzene rings is 1. The second kappa shape index (κ2) is 5.03. The Bertz CT molecular complexity index is 321. The normalized spacial score (nSPS) is 12.9. The fourth-order valence-corrected chi connectivity index (χ4v) is 1.65. The Morgan fingerprint density at radius 1 is 1.40 bits per heavy atom. The minimum atomic E-state index is 0.393. The van der Waals surface area contributed by atoms with Gasteiger partial charge in [-0.1, -0.05) is 6.07 Å². The van der Waals surface area contributed by atoms with Gasteiger partial charge in [0.15, 0.2) is 0 Å². The lowest BCUT2D eigenvalue weighted by atomic mass is 10.2. The van der Waals surface area contributed by atoms with E-state index in [0.29, 0.717) is 6.04 Å². The highest BCUT2D eigenvalue weighted by atomic mass is 15.1. The molecule has 3 heteroatoms. The van der Waals surface area contributed by atoms with Gasteiger partial charge in [-0.2, -0.15) is 0 Å². The molecule has 3 N–H and O–H groups in total. The number of hydrogen-bond acceptors (Lipinski definition) is 3. The molecule has 1 aromatic rings. The molecular weight excluding hydrogens is 186 g/mol. The largest absolute Gasteiger partial charge is 0.397 e. The van der Waals surface area contributed by atoms with Gasteiger partial charge < -0.3 is 16.0 Å². The van der Waals surface area contributed by atoms with E-state index in [1.54, 1.807) is 0 Å². The molecule has 0 amide bonds. The summed E-state index contributed by atoms with van der Waals surface area (Å²) in [5, 5.41) is 3.42. The SMILES string of the molecule is Cc1ccc(N)c(NC(C)CN(C)C)c1. The number of aryl methyl sites for hydroxylation is 1. The average molecular weight is 207 g/mol. The smallest absolute Gasteiger partial charge is 0.0579 e. The molecule has 1 unspecified atom stereocenters. The van der Waals surface area contributed by atoms with E-state index >= 15 is 0 Å². The fourth-order valence-electron chi connectivity index (χ4n) is 1.65. The van der Waals surface area contributed by atoms with E-state index in [1.807, 2.05) is 12.1 Å². The van der Waals surface area contributed by atoms with Crippen LogP contribution in [0.25, 0.3) is 0 Å². The van der Waals surface area contributed by atoms with Crippen LogP contribution in [0.15, 0.2) is 18.2 Å². The van der Waals surface area contributed by atoms with E-state index in [1.165, 1.54) is 5.56 Å². The van der Waals surface area contributed by atoms with Crippen LogP contribution in [0.4, 0.5) is 11.4 Å². The third-order valence-corrected chi connectivity index (χ3v) is 2.25. The molecule has 1 rings (SSSR count). The molecule has 0 aliphatic carbocycles. The number of nitrogens with one attached hydrogen (secondary N) is 1. The fraction of sp³-hybridized carbons (Fsp3) is 0.500. The Morgan fingerprint density at radius 2 is 2.07 bits per heavy atom. The summed E-state index contributed by atoms with van der Waals surface area (Å²) in [6, 6.07) is 6.45. The molecule has 0 radical (unpaired) electrons. The van der Waals surface area contributed by atoms with Gasteiger partial charge >= 0.3 is 0 Å². The lowest BCUT2D eigenvalue weighted by molar-refractivity contribution is 0.392. The maximum atomic E-state index is 5.89. The van der Waals surface area contributed by atoms with Crippen molar-refractivity contribution in [1.82, 2.24) is 4.90 Å². The Balaban J connectivity index is 2.67. The molecule has 0 aromatic heterocycles. The first-order valence-corrected chi connectivity index (χ1v) is 5.26. The summed E-state index contributed by atoms with van der Waals surface area (Å²) < 4.78 is 0. The van der Waals surface area contributed by atoms with E-state index < -0.39 is 0 Å². The van der Waals surface area contributed by atoms with Crippen LogP contribution in [-0.4, -0.2) is 31.6 Å². The van der Waals surface area contributed by atoms with Crippen molar-refractivity contribution in [3.05, 3.63) is 23.8 Å². The van der Waals surface area contributed by atoms with Crippen LogP contribution in [0.2, 0.25) is 0 Å². The van der Waals surface area contributed by atoms with Crippen LogP contribution in [0.5, 0.6) is 0 Å². The predicted molar refractivity (Wildman–Crippen MR) is 67.2 cm³/mol. The van der Waals surface area contributed by atoms with E-state index in [-0.39, 0.29) is 0 Å². The number of hydrogen-bond donors (Lipinski definition) is 2. The lowest BCUT2D eigenvalue weighted by Crippen LogP contribution is -2.29. The van der Waals surface area contributed by atoms with Crippen LogP contribution in [-0.2, 0) is 0 Å². The highest BCUT2D eigenvalue weighted by molar-refractivity contribution is 5.67. The summed E-state index contributed by atoms with van der Waals surface area (Å²) >= 11 is 0. The van der Waals surface area contributed by atoms with Crippen molar-refractivity contribution in [3.8, 4) is 0 Å². The first kappa shape index (κ1) is 11.9. The van der Waals surface area contributed by atoms with Gasteiger partial charge in [-0.05, 0) is 45.6 Å². The number of nitrogens with zero attached hydrogens (tertiary/aromatic N) is 1. The van der Waals surface area contributed by atoms with Crippen LogP contribution in [0, 0.1) is 6.92 Å². The summed E-state index contributed by atoms with van der Waals surface area (Å²) in [7, 11) is 4.13. The molecule has 0 heterocycles. The number of nitrogens with two attached hydrogens (primary N) is 1. The van der Waals surface area contributed by atoms with E-state index in [2.05, 4.69) is 44.2 Å². The number of nitrogen functional groups attached to an aromatic ring is 1. The van der Waals surface area contributed by atoms with Gasteiger partial charge in [0.1, 0.15) is 0 Å². The van der Waals surface area contributed by atoms with Crippen molar-refractivity contribution >= 4 is 11.4 Å². The second-order valence-corrected chi connectivity index (χ2v) is 4.40. The van der Waals surface area contributed by atoms with Crippen molar-refractivity contribution in [3.63, 3.8) is 0 Å². The summed E-state index contributed by atoms with van der Waals surface area (Å²) in [4.78, 5) is 2.16. The Kier molecular flexibility index (Phi) is 3.97. The monoisotopic (exact) mass is 207 g/mol. The maximum absolute atomic E-state index is 5.89. The lowest BCUT2D eigenvalue weighted by Gasteiger charge is -2.20. The van der Waals surface area contributed by atoms with Crippen molar-refractivity contribution in [2.75, 3.05) is 31.7 Å². The summed E-state index contributed by atoms with van der Waals surface area (Å²) in [6.45, 7) is 5.22. The van der Waals surface area contributed by atoms with Crippen LogP contribution in [0.1, 0.15) is 12.5 Å². The quantitative estimate of drug-likeness (QED) is 0.741.